The molecule has 0 aliphatic carbocycles. The first-order valence-electron chi connectivity index (χ1n) is 9.70. The van der Waals surface area contributed by atoms with Crippen LogP contribution in [0, 0.1) is 6.92 Å². The van der Waals surface area contributed by atoms with Crippen molar-refractivity contribution < 1.29 is 9.53 Å². The topological polar surface area (TPSA) is 72.7 Å². The standard InChI is InChI=1S/C24H21N3O3S/c1-16-7-12-22-25-18(13-23(28)27(22)14-16)15-31-21-6-4-3-5-20(21)26-24(29)17-8-10-19(30-2)11-9-17/h3-14H,15H2,1-2H3,(H,26,29). The molecule has 0 saturated carbocycles. The van der Waals surface area contributed by atoms with Gasteiger partial charge in [-0.1, -0.05) is 18.2 Å². The Balaban J connectivity index is 1.51. The minimum absolute atomic E-state index is 0.106. The molecule has 0 bridgehead atoms. The van der Waals surface area contributed by atoms with Gasteiger partial charge in [0, 0.05) is 28.5 Å². The summed E-state index contributed by atoms with van der Waals surface area (Å²) in [4.78, 5) is 30.6. The highest BCUT2D eigenvalue weighted by Crippen LogP contribution is 2.29. The van der Waals surface area contributed by atoms with Crippen LogP contribution >= 0.6 is 11.8 Å². The Morgan fingerprint density at radius 1 is 1.10 bits per heavy atom. The van der Waals surface area contributed by atoms with E-state index in [1.165, 1.54) is 11.8 Å². The summed E-state index contributed by atoms with van der Waals surface area (Å²) in [5.41, 5.74) is 3.46. The Kier molecular flexibility index (Phi) is 6.04. The molecule has 0 unspecified atom stereocenters. The number of ether oxygens (including phenoxy) is 1. The van der Waals surface area contributed by atoms with Crippen LogP contribution < -0.4 is 15.6 Å². The van der Waals surface area contributed by atoms with Crippen molar-refractivity contribution in [3.8, 4) is 5.75 Å². The maximum Gasteiger partial charge on any atom is 0.258 e. The van der Waals surface area contributed by atoms with E-state index in [1.807, 2.05) is 43.3 Å². The molecule has 2 heterocycles. The highest BCUT2D eigenvalue weighted by molar-refractivity contribution is 7.98. The van der Waals surface area contributed by atoms with E-state index in [0.29, 0.717) is 34.1 Å². The summed E-state index contributed by atoms with van der Waals surface area (Å²) in [6.45, 7) is 1.94. The number of fused-ring (bicyclic) bond motifs is 1. The third-order valence-corrected chi connectivity index (χ3v) is 5.83. The summed E-state index contributed by atoms with van der Waals surface area (Å²) in [6.07, 6.45) is 1.78. The maximum absolute atomic E-state index is 12.6. The molecule has 4 rings (SSSR count). The molecule has 0 aliphatic rings. The van der Waals surface area contributed by atoms with Gasteiger partial charge in [0.25, 0.3) is 11.5 Å². The number of hydrogen-bond donors (Lipinski definition) is 1. The van der Waals surface area contributed by atoms with Crippen LogP contribution in [0.15, 0.2) is 82.6 Å². The molecule has 0 atom stereocenters. The highest BCUT2D eigenvalue weighted by atomic mass is 32.2. The first-order valence-corrected chi connectivity index (χ1v) is 10.7. The van der Waals surface area contributed by atoms with Gasteiger partial charge >= 0.3 is 0 Å². The zero-order valence-corrected chi connectivity index (χ0v) is 18.0. The normalized spacial score (nSPS) is 10.8. The van der Waals surface area contributed by atoms with E-state index in [9.17, 15) is 9.59 Å². The lowest BCUT2D eigenvalue weighted by atomic mass is 10.2. The van der Waals surface area contributed by atoms with Crippen molar-refractivity contribution in [2.75, 3.05) is 12.4 Å². The zero-order chi connectivity index (χ0) is 21.8. The molecule has 7 heteroatoms. The van der Waals surface area contributed by atoms with Crippen molar-refractivity contribution in [1.29, 1.82) is 0 Å². The van der Waals surface area contributed by atoms with Crippen LogP contribution in [0.4, 0.5) is 5.69 Å². The fourth-order valence-electron chi connectivity index (χ4n) is 3.12. The minimum Gasteiger partial charge on any atom is -0.497 e. The fourth-order valence-corrected chi connectivity index (χ4v) is 4.02. The molecule has 6 nitrogen and oxygen atoms in total. The zero-order valence-electron chi connectivity index (χ0n) is 17.2. The highest BCUT2D eigenvalue weighted by Gasteiger charge is 2.11. The van der Waals surface area contributed by atoms with E-state index >= 15 is 0 Å². The second kappa shape index (κ2) is 9.06. The molecule has 0 radical (unpaired) electrons. The number of rotatable bonds is 6. The number of aromatic nitrogens is 2. The molecule has 1 N–H and O–H groups in total. The molecule has 0 saturated heterocycles. The summed E-state index contributed by atoms with van der Waals surface area (Å²) < 4.78 is 6.68. The second-order valence-corrected chi connectivity index (χ2v) is 8.01. The SMILES string of the molecule is COc1ccc(C(=O)Nc2ccccc2SCc2cc(=O)n3cc(C)ccc3n2)cc1. The van der Waals surface area contributed by atoms with Crippen LogP contribution in [0.5, 0.6) is 5.75 Å². The van der Waals surface area contributed by atoms with Crippen molar-refractivity contribution in [2.45, 2.75) is 17.6 Å². The average molecular weight is 432 g/mol. The van der Waals surface area contributed by atoms with Gasteiger partial charge in [-0.15, -0.1) is 11.8 Å². The van der Waals surface area contributed by atoms with Gasteiger partial charge in [0.05, 0.1) is 18.5 Å². The molecular formula is C24H21N3O3S. The lowest BCUT2D eigenvalue weighted by Gasteiger charge is -2.11. The predicted molar refractivity (Wildman–Crippen MR) is 123 cm³/mol. The number of nitrogens with zero attached hydrogens (tertiary/aromatic N) is 2. The Bertz CT molecular complexity index is 1300. The van der Waals surface area contributed by atoms with Crippen molar-refractivity contribution >= 4 is 29.0 Å². The molecule has 4 aromatic rings. The monoisotopic (exact) mass is 431 g/mol. The summed E-state index contributed by atoms with van der Waals surface area (Å²) >= 11 is 1.52. The minimum atomic E-state index is -0.201. The van der Waals surface area contributed by atoms with E-state index in [4.69, 9.17) is 4.74 Å². The van der Waals surface area contributed by atoms with Gasteiger partial charge in [-0.3, -0.25) is 14.0 Å². The molecular weight excluding hydrogens is 410 g/mol. The Labute approximate surface area is 183 Å². The van der Waals surface area contributed by atoms with E-state index in [-0.39, 0.29) is 11.5 Å². The number of methoxy groups -OCH3 is 1. The molecule has 31 heavy (non-hydrogen) atoms. The first-order chi connectivity index (χ1) is 15.0. The first kappa shape index (κ1) is 20.7. The molecule has 1 amide bonds. The Morgan fingerprint density at radius 2 is 1.87 bits per heavy atom. The number of para-hydroxylation sites is 1. The van der Waals surface area contributed by atoms with Gasteiger partial charge in [-0.05, 0) is 55.0 Å². The number of carbonyl (C=O) groups is 1. The van der Waals surface area contributed by atoms with E-state index < -0.39 is 0 Å². The third-order valence-electron chi connectivity index (χ3n) is 4.72. The van der Waals surface area contributed by atoms with Crippen LogP contribution in [-0.2, 0) is 5.75 Å². The summed E-state index contributed by atoms with van der Waals surface area (Å²) in [5.74, 6) is 1.00. The quantitative estimate of drug-likeness (QED) is 0.453. The van der Waals surface area contributed by atoms with Crippen LogP contribution in [0.3, 0.4) is 0 Å². The maximum atomic E-state index is 12.6. The number of carbonyl (C=O) groups excluding carboxylic acids is 1. The third kappa shape index (κ3) is 4.78. The van der Waals surface area contributed by atoms with Crippen molar-refractivity contribution in [3.05, 3.63) is 100 Å². The van der Waals surface area contributed by atoms with Gasteiger partial charge in [-0.2, -0.15) is 0 Å². The lowest BCUT2D eigenvalue weighted by Crippen LogP contribution is -2.15. The van der Waals surface area contributed by atoms with Gasteiger partial charge in [0.2, 0.25) is 0 Å². The number of hydrogen-bond acceptors (Lipinski definition) is 5. The van der Waals surface area contributed by atoms with Gasteiger partial charge in [0.1, 0.15) is 11.4 Å². The average Bonchev–Trinajstić information content (AvgIpc) is 2.79. The largest absolute Gasteiger partial charge is 0.497 e. The Hall–Kier alpha value is -3.58. The molecule has 0 fully saturated rings. The number of nitrogens with one attached hydrogen (secondary N) is 1. The van der Waals surface area contributed by atoms with Gasteiger partial charge in [0.15, 0.2) is 0 Å². The number of anilines is 1. The van der Waals surface area contributed by atoms with E-state index in [1.54, 1.807) is 48.0 Å². The summed E-state index contributed by atoms with van der Waals surface area (Å²) in [5, 5.41) is 2.96. The van der Waals surface area contributed by atoms with E-state index in [0.717, 1.165) is 10.5 Å². The van der Waals surface area contributed by atoms with Crippen molar-refractivity contribution in [2.24, 2.45) is 0 Å². The number of pyridine rings is 1. The number of benzene rings is 2. The number of amides is 1. The molecule has 2 aromatic carbocycles. The Morgan fingerprint density at radius 3 is 2.65 bits per heavy atom. The summed E-state index contributed by atoms with van der Waals surface area (Å²) in [7, 11) is 1.59. The van der Waals surface area contributed by atoms with Gasteiger partial charge < -0.3 is 10.1 Å². The molecule has 0 aliphatic heterocycles. The summed E-state index contributed by atoms with van der Waals surface area (Å²) in [6, 6.07) is 19.8. The smallest absolute Gasteiger partial charge is 0.258 e. The predicted octanol–water partition coefficient (Wildman–Crippen LogP) is 4.56. The second-order valence-electron chi connectivity index (χ2n) is 6.99. The van der Waals surface area contributed by atoms with Crippen LogP contribution in [-0.4, -0.2) is 22.4 Å². The molecule has 2 aromatic heterocycles. The number of aryl methyl sites for hydroxylation is 1. The molecule has 156 valence electrons. The molecule has 0 spiro atoms. The van der Waals surface area contributed by atoms with Crippen LogP contribution in [0.2, 0.25) is 0 Å². The fraction of sp³-hybridized carbons (Fsp3) is 0.125. The van der Waals surface area contributed by atoms with E-state index in [2.05, 4.69) is 10.3 Å². The van der Waals surface area contributed by atoms with Gasteiger partial charge in [-0.25, -0.2) is 4.98 Å². The lowest BCUT2D eigenvalue weighted by molar-refractivity contribution is 0.102. The van der Waals surface area contributed by atoms with Crippen LogP contribution in [0.25, 0.3) is 5.65 Å². The number of thioether (sulfide) groups is 1. The van der Waals surface area contributed by atoms with Crippen molar-refractivity contribution in [3.63, 3.8) is 0 Å². The van der Waals surface area contributed by atoms with Crippen molar-refractivity contribution in [1.82, 2.24) is 9.38 Å². The van der Waals surface area contributed by atoms with Crippen LogP contribution in [0.1, 0.15) is 21.6 Å².